The normalized spacial score (nSPS) is 25.8. The van der Waals surface area contributed by atoms with Gasteiger partial charge in [-0.15, -0.1) is 0 Å². The molecule has 1 aliphatic heterocycles. The number of fused-ring (bicyclic) bond motifs is 1. The minimum absolute atomic E-state index is 0.106. The number of rotatable bonds is 3. The van der Waals surface area contributed by atoms with Crippen molar-refractivity contribution < 1.29 is 4.79 Å². The van der Waals surface area contributed by atoms with Gasteiger partial charge in [0.15, 0.2) is 0 Å². The number of benzene rings is 2. The van der Waals surface area contributed by atoms with E-state index in [9.17, 15) is 4.79 Å². The Bertz CT molecular complexity index is 770. The maximum atomic E-state index is 13.1. The van der Waals surface area contributed by atoms with Crippen LogP contribution in [0.3, 0.4) is 0 Å². The molecule has 3 atom stereocenters. The van der Waals surface area contributed by atoms with Gasteiger partial charge < -0.3 is 4.90 Å². The molecule has 0 saturated carbocycles. The van der Waals surface area contributed by atoms with E-state index in [-0.39, 0.29) is 17.9 Å². The maximum absolute atomic E-state index is 13.1. The molecule has 0 aromatic heterocycles. The molecule has 1 aliphatic carbocycles. The van der Waals surface area contributed by atoms with Crippen LogP contribution in [0.15, 0.2) is 71.2 Å². The Morgan fingerprint density at radius 1 is 1.04 bits per heavy atom. The van der Waals surface area contributed by atoms with Crippen LogP contribution in [0.25, 0.3) is 0 Å². The fourth-order valence-electron chi connectivity index (χ4n) is 4.07. The van der Waals surface area contributed by atoms with Gasteiger partial charge in [0.05, 0.1) is 6.04 Å². The second-order valence-corrected chi connectivity index (χ2v) is 7.46. The van der Waals surface area contributed by atoms with E-state index in [4.69, 9.17) is 0 Å². The number of hydrogen-bond acceptors (Lipinski definition) is 1. The number of hydrogen-bond donors (Lipinski definition) is 0. The van der Waals surface area contributed by atoms with E-state index in [1.807, 2.05) is 24.3 Å². The lowest BCUT2D eigenvalue weighted by Crippen LogP contribution is -2.29. The summed E-state index contributed by atoms with van der Waals surface area (Å²) in [7, 11) is 0. The Hall–Kier alpha value is -1.87. The fraction of sp³-hybridized carbons (Fsp3) is 0.286. The Morgan fingerprint density at radius 2 is 1.79 bits per heavy atom. The van der Waals surface area contributed by atoms with Crippen LogP contribution >= 0.6 is 15.9 Å². The van der Waals surface area contributed by atoms with Crippen LogP contribution in [0.4, 0.5) is 0 Å². The molecular weight excluding hydrogens is 362 g/mol. The average molecular weight is 382 g/mol. The van der Waals surface area contributed by atoms with Crippen molar-refractivity contribution in [3.8, 4) is 0 Å². The summed E-state index contributed by atoms with van der Waals surface area (Å²) in [6.45, 7) is 0.673. The Kier molecular flexibility index (Phi) is 4.28. The SMILES string of the molecule is O=C1[C@@H]2CCC=C[C@H]2[C@@H](c2ccccc2Br)N1Cc1ccccc1. The van der Waals surface area contributed by atoms with E-state index in [1.165, 1.54) is 11.1 Å². The van der Waals surface area contributed by atoms with E-state index < -0.39 is 0 Å². The zero-order valence-electron chi connectivity index (χ0n) is 13.4. The summed E-state index contributed by atoms with van der Waals surface area (Å²) >= 11 is 3.69. The number of carbonyl (C=O) groups is 1. The van der Waals surface area contributed by atoms with Crippen LogP contribution in [-0.2, 0) is 11.3 Å². The number of likely N-dealkylation sites (tertiary alicyclic amines) is 1. The predicted octanol–water partition coefficient (Wildman–Crippen LogP) is 5.12. The van der Waals surface area contributed by atoms with Crippen molar-refractivity contribution in [2.24, 2.45) is 11.8 Å². The largest absolute Gasteiger partial charge is 0.330 e. The van der Waals surface area contributed by atoms with Gasteiger partial charge in [0.25, 0.3) is 0 Å². The standard InChI is InChI=1S/C21H20BrNO/c22-19-13-7-6-12-18(19)20-16-10-4-5-11-17(16)21(24)23(20)14-15-8-2-1-3-9-15/h1-4,6-10,12-13,16-17,20H,5,11,14H2/t16-,17-,20+/m1/s1. The summed E-state index contributed by atoms with van der Waals surface area (Å²) < 4.78 is 1.08. The van der Waals surface area contributed by atoms with Gasteiger partial charge in [-0.05, 0) is 30.0 Å². The molecular formula is C21H20BrNO. The first-order valence-electron chi connectivity index (χ1n) is 8.51. The highest BCUT2D eigenvalue weighted by atomic mass is 79.9. The van der Waals surface area contributed by atoms with E-state index in [1.54, 1.807) is 0 Å². The van der Waals surface area contributed by atoms with Crippen molar-refractivity contribution in [1.29, 1.82) is 0 Å². The van der Waals surface area contributed by atoms with Crippen molar-refractivity contribution in [3.63, 3.8) is 0 Å². The highest BCUT2D eigenvalue weighted by Gasteiger charge is 2.48. The number of allylic oxidation sites excluding steroid dienone is 1. The summed E-state index contributed by atoms with van der Waals surface area (Å²) in [5, 5.41) is 0. The molecule has 0 unspecified atom stereocenters. The summed E-state index contributed by atoms with van der Waals surface area (Å²) in [6, 6.07) is 18.7. The van der Waals surface area contributed by atoms with E-state index in [0.717, 1.165) is 17.3 Å². The molecule has 1 saturated heterocycles. The molecule has 122 valence electrons. The maximum Gasteiger partial charge on any atom is 0.227 e. The first kappa shape index (κ1) is 15.6. The lowest BCUT2D eigenvalue weighted by molar-refractivity contribution is -0.132. The zero-order chi connectivity index (χ0) is 16.5. The van der Waals surface area contributed by atoms with Gasteiger partial charge in [-0.2, -0.15) is 0 Å². The molecule has 1 fully saturated rings. The third-order valence-corrected chi connectivity index (χ3v) is 5.91. The highest BCUT2D eigenvalue weighted by Crippen LogP contribution is 2.48. The minimum atomic E-state index is 0.106. The first-order valence-corrected chi connectivity index (χ1v) is 9.30. The number of nitrogens with zero attached hydrogens (tertiary/aromatic N) is 1. The van der Waals surface area contributed by atoms with Crippen molar-refractivity contribution >= 4 is 21.8 Å². The van der Waals surface area contributed by atoms with Gasteiger partial charge in [0.1, 0.15) is 0 Å². The second kappa shape index (κ2) is 6.56. The second-order valence-electron chi connectivity index (χ2n) is 6.61. The summed E-state index contributed by atoms with van der Waals surface area (Å²) in [4.78, 5) is 15.2. The molecule has 1 amide bonds. The minimum Gasteiger partial charge on any atom is -0.330 e. The molecule has 3 heteroatoms. The molecule has 0 N–H and O–H groups in total. The Morgan fingerprint density at radius 3 is 2.58 bits per heavy atom. The molecule has 2 aliphatic rings. The number of halogens is 1. The van der Waals surface area contributed by atoms with Crippen LogP contribution in [0.1, 0.15) is 30.0 Å². The molecule has 2 nitrogen and oxygen atoms in total. The molecule has 2 aromatic carbocycles. The van der Waals surface area contributed by atoms with Gasteiger partial charge in [0, 0.05) is 22.9 Å². The summed E-state index contributed by atoms with van der Waals surface area (Å²) in [5.74, 6) is 0.693. The van der Waals surface area contributed by atoms with E-state index in [2.05, 4.69) is 63.3 Å². The highest BCUT2D eigenvalue weighted by molar-refractivity contribution is 9.10. The molecule has 2 aromatic rings. The van der Waals surface area contributed by atoms with Crippen molar-refractivity contribution in [1.82, 2.24) is 4.90 Å². The van der Waals surface area contributed by atoms with E-state index >= 15 is 0 Å². The van der Waals surface area contributed by atoms with Crippen LogP contribution in [0.5, 0.6) is 0 Å². The first-order chi connectivity index (χ1) is 11.8. The van der Waals surface area contributed by atoms with Crippen LogP contribution in [0, 0.1) is 11.8 Å². The lowest BCUT2D eigenvalue weighted by Gasteiger charge is -2.29. The summed E-state index contributed by atoms with van der Waals surface area (Å²) in [6.07, 6.45) is 6.48. The topological polar surface area (TPSA) is 20.3 Å². The smallest absolute Gasteiger partial charge is 0.227 e. The molecule has 1 heterocycles. The van der Waals surface area contributed by atoms with E-state index in [0.29, 0.717) is 12.5 Å². The monoisotopic (exact) mass is 381 g/mol. The van der Waals surface area contributed by atoms with Gasteiger partial charge in [-0.3, -0.25) is 4.79 Å². The molecule has 0 bridgehead atoms. The fourth-order valence-corrected chi connectivity index (χ4v) is 4.59. The van der Waals surface area contributed by atoms with Crippen molar-refractivity contribution in [2.45, 2.75) is 25.4 Å². The number of amides is 1. The molecule has 0 spiro atoms. The van der Waals surface area contributed by atoms with Gasteiger partial charge in [0.2, 0.25) is 5.91 Å². The molecule has 24 heavy (non-hydrogen) atoms. The summed E-state index contributed by atoms with van der Waals surface area (Å²) in [5.41, 5.74) is 2.39. The molecule has 0 radical (unpaired) electrons. The van der Waals surface area contributed by atoms with Gasteiger partial charge >= 0.3 is 0 Å². The van der Waals surface area contributed by atoms with Crippen molar-refractivity contribution in [2.75, 3.05) is 0 Å². The zero-order valence-corrected chi connectivity index (χ0v) is 15.0. The predicted molar refractivity (Wildman–Crippen MR) is 99.2 cm³/mol. The molecule has 4 rings (SSSR count). The lowest BCUT2D eigenvalue weighted by atomic mass is 9.81. The van der Waals surface area contributed by atoms with Crippen molar-refractivity contribution in [3.05, 3.63) is 82.3 Å². The Labute approximate surface area is 151 Å². The van der Waals surface area contributed by atoms with Crippen LogP contribution < -0.4 is 0 Å². The number of carbonyl (C=O) groups excluding carboxylic acids is 1. The van der Waals surface area contributed by atoms with Crippen LogP contribution in [0.2, 0.25) is 0 Å². The Balaban J connectivity index is 1.76. The average Bonchev–Trinajstić information content (AvgIpc) is 2.89. The van der Waals surface area contributed by atoms with Gasteiger partial charge in [-0.25, -0.2) is 0 Å². The van der Waals surface area contributed by atoms with Gasteiger partial charge in [-0.1, -0.05) is 76.6 Å². The quantitative estimate of drug-likeness (QED) is 0.676. The third-order valence-electron chi connectivity index (χ3n) is 5.19. The van der Waals surface area contributed by atoms with Crippen LogP contribution in [-0.4, -0.2) is 10.8 Å². The third kappa shape index (κ3) is 2.71.